The van der Waals surface area contributed by atoms with E-state index >= 15 is 0 Å². The largest absolute Gasteiger partial charge is 0.466 e. The number of hydrogen-bond acceptors (Lipinski definition) is 4. The highest BCUT2D eigenvalue weighted by Crippen LogP contribution is 2.19. The molecule has 1 amide bonds. The van der Waals surface area contributed by atoms with E-state index in [2.05, 4.69) is 11.4 Å². The van der Waals surface area contributed by atoms with Gasteiger partial charge in [-0.15, -0.1) is 0 Å². The molecule has 0 unspecified atom stereocenters. The Bertz CT molecular complexity index is 367. The van der Waals surface area contributed by atoms with Gasteiger partial charge in [0.2, 0.25) is 5.91 Å². The summed E-state index contributed by atoms with van der Waals surface area (Å²) in [4.78, 5) is 24.8. The molecule has 0 radical (unpaired) electrons. The molecule has 0 aromatic heterocycles. The fraction of sp³-hybridized carbons (Fsp3) is 0.750. The van der Waals surface area contributed by atoms with Crippen LogP contribution in [0.25, 0.3) is 0 Å². The van der Waals surface area contributed by atoms with Crippen LogP contribution >= 0.6 is 0 Å². The van der Waals surface area contributed by atoms with Crippen molar-refractivity contribution in [1.29, 1.82) is 0 Å². The van der Waals surface area contributed by atoms with E-state index in [-0.39, 0.29) is 11.9 Å². The molecule has 0 aromatic carbocycles. The number of allylic oxidation sites excluding steroid dienone is 1. The molecule has 0 saturated heterocycles. The maximum atomic E-state index is 11.8. The molecule has 0 saturated carbocycles. The number of rotatable bonds is 9. The second-order valence-corrected chi connectivity index (χ2v) is 5.50. The molecule has 1 aliphatic rings. The molecular formula is C16H28N2O3. The second-order valence-electron chi connectivity index (χ2n) is 5.50. The van der Waals surface area contributed by atoms with Gasteiger partial charge >= 0.3 is 5.97 Å². The molecule has 0 fully saturated rings. The Hall–Kier alpha value is -1.36. The van der Waals surface area contributed by atoms with Crippen molar-refractivity contribution in [3.05, 3.63) is 11.6 Å². The Balaban J connectivity index is 2.09. The number of nitrogens with zero attached hydrogens (tertiary/aromatic N) is 1. The number of hydrogen-bond donors (Lipinski definition) is 1. The normalized spacial score (nSPS) is 14.7. The number of likely N-dealkylation sites (N-methyl/N-ethyl adjacent to an activating group) is 1. The number of carbonyl (C=O) groups is 2. The Morgan fingerprint density at radius 2 is 2.19 bits per heavy atom. The van der Waals surface area contributed by atoms with Crippen LogP contribution in [0.1, 0.15) is 45.4 Å². The van der Waals surface area contributed by atoms with E-state index in [0.29, 0.717) is 32.7 Å². The van der Waals surface area contributed by atoms with Crippen LogP contribution in [0, 0.1) is 0 Å². The Morgan fingerprint density at radius 1 is 1.38 bits per heavy atom. The van der Waals surface area contributed by atoms with Gasteiger partial charge in [-0.25, -0.2) is 0 Å². The minimum absolute atomic E-state index is 0.0118. The van der Waals surface area contributed by atoms with Crippen LogP contribution in [0.15, 0.2) is 11.6 Å². The van der Waals surface area contributed by atoms with Crippen molar-refractivity contribution in [3.63, 3.8) is 0 Å². The van der Waals surface area contributed by atoms with Gasteiger partial charge in [0.15, 0.2) is 0 Å². The van der Waals surface area contributed by atoms with E-state index in [0.717, 1.165) is 6.42 Å². The Kier molecular flexibility index (Phi) is 8.74. The van der Waals surface area contributed by atoms with E-state index in [1.54, 1.807) is 6.92 Å². The first kappa shape index (κ1) is 17.7. The molecule has 1 rings (SSSR count). The zero-order valence-electron chi connectivity index (χ0n) is 13.3. The zero-order chi connectivity index (χ0) is 15.5. The summed E-state index contributed by atoms with van der Waals surface area (Å²) in [5.41, 5.74) is 1.47. The molecule has 0 heterocycles. The minimum Gasteiger partial charge on any atom is -0.466 e. The summed E-state index contributed by atoms with van der Waals surface area (Å²) in [7, 11) is 1.84. The van der Waals surface area contributed by atoms with Gasteiger partial charge in [0.05, 0.1) is 19.6 Å². The van der Waals surface area contributed by atoms with Crippen molar-refractivity contribution < 1.29 is 14.3 Å². The topological polar surface area (TPSA) is 58.6 Å². The Labute approximate surface area is 127 Å². The van der Waals surface area contributed by atoms with E-state index in [4.69, 9.17) is 4.74 Å². The summed E-state index contributed by atoms with van der Waals surface area (Å²) >= 11 is 0. The smallest absolute Gasteiger partial charge is 0.307 e. The molecule has 21 heavy (non-hydrogen) atoms. The summed E-state index contributed by atoms with van der Waals surface area (Å²) in [5, 5.41) is 2.94. The van der Waals surface area contributed by atoms with Crippen LogP contribution in [-0.4, -0.2) is 50.1 Å². The molecule has 120 valence electrons. The molecule has 0 aromatic rings. The van der Waals surface area contributed by atoms with Crippen LogP contribution in [0.2, 0.25) is 0 Å². The quantitative estimate of drug-likeness (QED) is 0.521. The summed E-state index contributed by atoms with van der Waals surface area (Å²) in [6, 6.07) is 0. The monoisotopic (exact) mass is 296 g/mol. The first-order chi connectivity index (χ1) is 10.1. The van der Waals surface area contributed by atoms with Crippen molar-refractivity contribution in [2.45, 2.75) is 45.4 Å². The lowest BCUT2D eigenvalue weighted by atomic mass is 9.97. The number of amides is 1. The standard InChI is InChI=1S/C16H28N2O3/c1-3-21-16(20)10-12-18(2)13-15(19)17-11-9-14-7-5-4-6-8-14/h7H,3-6,8-13H2,1-2H3,(H,17,19). The number of carbonyl (C=O) groups excluding carboxylic acids is 2. The fourth-order valence-electron chi connectivity index (χ4n) is 2.39. The highest BCUT2D eigenvalue weighted by molar-refractivity contribution is 5.78. The van der Waals surface area contributed by atoms with E-state index in [9.17, 15) is 9.59 Å². The third-order valence-electron chi connectivity index (χ3n) is 3.57. The summed E-state index contributed by atoms with van der Waals surface area (Å²) in [6.45, 7) is 3.75. The van der Waals surface area contributed by atoms with Gasteiger partial charge in [-0.3, -0.25) is 14.5 Å². The third-order valence-corrected chi connectivity index (χ3v) is 3.57. The maximum Gasteiger partial charge on any atom is 0.307 e. The molecule has 5 nitrogen and oxygen atoms in total. The van der Waals surface area contributed by atoms with Crippen molar-refractivity contribution in [3.8, 4) is 0 Å². The molecule has 0 bridgehead atoms. The van der Waals surface area contributed by atoms with Gasteiger partial charge in [-0.2, -0.15) is 0 Å². The van der Waals surface area contributed by atoms with Gasteiger partial charge in [-0.05, 0) is 46.1 Å². The lowest BCUT2D eigenvalue weighted by molar-refractivity contribution is -0.143. The van der Waals surface area contributed by atoms with E-state index in [1.165, 1.54) is 31.3 Å². The molecular weight excluding hydrogens is 268 g/mol. The lowest BCUT2D eigenvalue weighted by Crippen LogP contribution is -2.36. The molecule has 0 atom stereocenters. The molecule has 0 aliphatic heterocycles. The Morgan fingerprint density at radius 3 is 2.86 bits per heavy atom. The van der Waals surface area contributed by atoms with Crippen LogP contribution in [0.4, 0.5) is 0 Å². The van der Waals surface area contributed by atoms with Crippen molar-refractivity contribution in [1.82, 2.24) is 10.2 Å². The summed E-state index contributed by atoms with van der Waals surface area (Å²) < 4.78 is 4.86. The second kappa shape index (κ2) is 10.4. The summed E-state index contributed by atoms with van der Waals surface area (Å²) in [6.07, 6.45) is 8.51. The first-order valence-corrected chi connectivity index (χ1v) is 7.90. The number of ether oxygens (including phenoxy) is 1. The highest BCUT2D eigenvalue weighted by Gasteiger charge is 2.09. The van der Waals surface area contributed by atoms with Gasteiger partial charge in [-0.1, -0.05) is 11.6 Å². The third kappa shape index (κ3) is 8.50. The van der Waals surface area contributed by atoms with E-state index < -0.39 is 0 Å². The lowest BCUT2D eigenvalue weighted by Gasteiger charge is -2.16. The van der Waals surface area contributed by atoms with Gasteiger partial charge in [0, 0.05) is 13.1 Å². The number of nitrogens with one attached hydrogen (secondary N) is 1. The minimum atomic E-state index is -0.214. The first-order valence-electron chi connectivity index (χ1n) is 7.90. The van der Waals surface area contributed by atoms with Crippen LogP contribution in [-0.2, 0) is 14.3 Å². The predicted octanol–water partition coefficient (Wildman–Crippen LogP) is 1.88. The highest BCUT2D eigenvalue weighted by atomic mass is 16.5. The van der Waals surface area contributed by atoms with Crippen LogP contribution in [0.5, 0.6) is 0 Å². The van der Waals surface area contributed by atoms with Gasteiger partial charge in [0.25, 0.3) is 0 Å². The molecule has 1 aliphatic carbocycles. The predicted molar refractivity (Wildman–Crippen MR) is 82.9 cm³/mol. The zero-order valence-corrected chi connectivity index (χ0v) is 13.3. The van der Waals surface area contributed by atoms with Crippen molar-refractivity contribution in [2.24, 2.45) is 0 Å². The molecule has 5 heteroatoms. The van der Waals surface area contributed by atoms with Crippen molar-refractivity contribution >= 4 is 11.9 Å². The average Bonchev–Trinajstić information content (AvgIpc) is 2.46. The summed E-state index contributed by atoms with van der Waals surface area (Å²) in [5.74, 6) is -0.202. The SMILES string of the molecule is CCOC(=O)CCN(C)CC(=O)NCCC1=CCCCC1. The molecule has 1 N–H and O–H groups in total. The number of esters is 1. The van der Waals surface area contributed by atoms with Gasteiger partial charge < -0.3 is 10.1 Å². The average molecular weight is 296 g/mol. The maximum absolute atomic E-state index is 11.8. The van der Waals surface area contributed by atoms with E-state index in [1.807, 2.05) is 11.9 Å². The van der Waals surface area contributed by atoms with Crippen LogP contribution in [0.3, 0.4) is 0 Å². The van der Waals surface area contributed by atoms with Crippen molar-refractivity contribution in [2.75, 3.05) is 33.3 Å². The molecule has 0 spiro atoms. The fourth-order valence-corrected chi connectivity index (χ4v) is 2.39. The van der Waals surface area contributed by atoms with Gasteiger partial charge in [0.1, 0.15) is 0 Å². The van der Waals surface area contributed by atoms with Crippen LogP contribution < -0.4 is 5.32 Å².